The molecule has 1 fully saturated rings. The Morgan fingerprint density at radius 3 is 2.38 bits per heavy atom. The van der Waals surface area contributed by atoms with Crippen molar-refractivity contribution in [3.8, 4) is 0 Å². The second-order valence-corrected chi connectivity index (χ2v) is 4.14. The molecule has 0 saturated carbocycles. The minimum Gasteiger partial charge on any atom is -0.382 e. The molecule has 1 saturated heterocycles. The maximum atomic E-state index is 5.50. The number of hydrogen-bond donors (Lipinski definition) is 1. The summed E-state index contributed by atoms with van der Waals surface area (Å²) in [5.74, 6) is 0.486. The first-order chi connectivity index (χ1) is 7.78. The van der Waals surface area contributed by atoms with Crippen LogP contribution in [-0.4, -0.2) is 52.5 Å². The van der Waals surface area contributed by atoms with Gasteiger partial charge in [0.25, 0.3) is 0 Å². The quantitative estimate of drug-likeness (QED) is 0.790. The van der Waals surface area contributed by atoms with Crippen LogP contribution in [0.4, 0.5) is 5.82 Å². The number of likely N-dealkylation sites (N-methyl/N-ethyl adjacent to an activating group) is 1. The highest BCUT2D eigenvalue weighted by atomic mass is 15.3. The Bertz CT molecular complexity index is 316. The number of piperazine rings is 1. The highest BCUT2D eigenvalue weighted by molar-refractivity contribution is 5.22. The van der Waals surface area contributed by atoms with Gasteiger partial charge in [0.1, 0.15) is 5.82 Å². The molecule has 0 bridgehead atoms. The molecule has 0 unspecified atom stereocenters. The second-order valence-electron chi connectivity index (χ2n) is 4.14. The zero-order chi connectivity index (χ0) is 11.4. The molecular formula is C11H19N5. The maximum Gasteiger partial charge on any atom is 0.141 e. The lowest BCUT2D eigenvalue weighted by atomic mass is 10.3. The summed E-state index contributed by atoms with van der Waals surface area (Å²) in [6.07, 6.45) is 3.39. The fourth-order valence-corrected chi connectivity index (χ4v) is 1.94. The largest absolute Gasteiger partial charge is 0.382 e. The van der Waals surface area contributed by atoms with Crippen LogP contribution in [0, 0.1) is 0 Å². The van der Waals surface area contributed by atoms with Crippen LogP contribution in [0.3, 0.4) is 0 Å². The van der Waals surface area contributed by atoms with Crippen LogP contribution >= 0.6 is 0 Å². The number of nitrogen functional groups attached to an aromatic ring is 1. The van der Waals surface area contributed by atoms with Crippen molar-refractivity contribution in [3.63, 3.8) is 0 Å². The number of rotatable bonds is 3. The second kappa shape index (κ2) is 5.23. The van der Waals surface area contributed by atoms with Crippen LogP contribution < -0.4 is 5.73 Å². The van der Waals surface area contributed by atoms with E-state index in [0.717, 1.165) is 45.0 Å². The third-order valence-electron chi connectivity index (χ3n) is 3.02. The molecular weight excluding hydrogens is 202 g/mol. The number of nitrogens with zero attached hydrogens (tertiary/aromatic N) is 4. The highest BCUT2D eigenvalue weighted by Crippen LogP contribution is 2.06. The zero-order valence-electron chi connectivity index (χ0n) is 9.76. The van der Waals surface area contributed by atoms with Crippen LogP contribution in [0.25, 0.3) is 0 Å². The molecule has 16 heavy (non-hydrogen) atoms. The Morgan fingerprint density at radius 2 is 1.81 bits per heavy atom. The van der Waals surface area contributed by atoms with Crippen LogP contribution in [0.5, 0.6) is 0 Å². The number of hydrogen-bond acceptors (Lipinski definition) is 5. The monoisotopic (exact) mass is 221 g/mol. The van der Waals surface area contributed by atoms with Crippen molar-refractivity contribution in [2.75, 3.05) is 38.5 Å². The third-order valence-corrected chi connectivity index (χ3v) is 3.02. The van der Waals surface area contributed by atoms with Crippen molar-refractivity contribution >= 4 is 5.82 Å². The molecule has 0 aromatic carbocycles. The summed E-state index contributed by atoms with van der Waals surface area (Å²) in [5, 5.41) is 0. The molecule has 1 aliphatic heterocycles. The number of nitrogens with two attached hydrogens (primary N) is 1. The standard InChI is InChI=1S/C11H19N5/c1-2-15-3-5-16(6-4-15)9-10-7-14-11(12)8-13-10/h7-8H,2-6,9H2,1H3,(H2,12,14). The van der Waals surface area contributed by atoms with Gasteiger partial charge in [0.2, 0.25) is 0 Å². The SMILES string of the molecule is CCN1CCN(Cc2cnc(N)cn2)CC1. The summed E-state index contributed by atoms with van der Waals surface area (Å²) >= 11 is 0. The Kier molecular flexibility index (Phi) is 3.69. The number of aromatic nitrogens is 2. The van der Waals surface area contributed by atoms with Crippen LogP contribution in [0.15, 0.2) is 12.4 Å². The molecule has 5 heteroatoms. The molecule has 0 radical (unpaired) electrons. The molecule has 1 aromatic heterocycles. The van der Waals surface area contributed by atoms with Gasteiger partial charge in [-0.1, -0.05) is 6.92 Å². The maximum absolute atomic E-state index is 5.50. The van der Waals surface area contributed by atoms with E-state index in [-0.39, 0.29) is 0 Å². The molecule has 88 valence electrons. The summed E-state index contributed by atoms with van der Waals surface area (Å²) in [6, 6.07) is 0. The summed E-state index contributed by atoms with van der Waals surface area (Å²) in [6.45, 7) is 8.76. The Morgan fingerprint density at radius 1 is 1.12 bits per heavy atom. The van der Waals surface area contributed by atoms with Crippen LogP contribution in [0.1, 0.15) is 12.6 Å². The average molecular weight is 221 g/mol. The Balaban J connectivity index is 1.84. The molecule has 0 amide bonds. The smallest absolute Gasteiger partial charge is 0.141 e. The topological polar surface area (TPSA) is 58.3 Å². The predicted octanol–water partition coefficient (Wildman–Crippen LogP) is 0.196. The fourth-order valence-electron chi connectivity index (χ4n) is 1.94. The summed E-state index contributed by atoms with van der Waals surface area (Å²) in [7, 11) is 0. The van der Waals surface area contributed by atoms with E-state index >= 15 is 0 Å². The first-order valence-electron chi connectivity index (χ1n) is 5.79. The predicted molar refractivity (Wildman–Crippen MR) is 63.8 cm³/mol. The first-order valence-corrected chi connectivity index (χ1v) is 5.79. The third kappa shape index (κ3) is 2.90. The van der Waals surface area contributed by atoms with E-state index < -0.39 is 0 Å². The van der Waals surface area contributed by atoms with Crippen molar-refractivity contribution in [1.82, 2.24) is 19.8 Å². The van der Waals surface area contributed by atoms with Gasteiger partial charge >= 0.3 is 0 Å². The van der Waals surface area contributed by atoms with Gasteiger partial charge in [-0.15, -0.1) is 0 Å². The van der Waals surface area contributed by atoms with Gasteiger partial charge in [-0.2, -0.15) is 0 Å². The van der Waals surface area contributed by atoms with Gasteiger partial charge in [0.15, 0.2) is 0 Å². The summed E-state index contributed by atoms with van der Waals surface area (Å²) in [5.41, 5.74) is 6.50. The van der Waals surface area contributed by atoms with Gasteiger partial charge in [-0.25, -0.2) is 4.98 Å². The van der Waals surface area contributed by atoms with Gasteiger partial charge in [0.05, 0.1) is 18.1 Å². The van der Waals surface area contributed by atoms with E-state index in [1.54, 1.807) is 12.4 Å². The Hall–Kier alpha value is -1.20. The molecule has 5 nitrogen and oxygen atoms in total. The Labute approximate surface area is 96.3 Å². The summed E-state index contributed by atoms with van der Waals surface area (Å²) in [4.78, 5) is 13.2. The fraction of sp³-hybridized carbons (Fsp3) is 0.636. The van der Waals surface area contributed by atoms with Gasteiger partial charge in [0, 0.05) is 32.7 Å². The van der Waals surface area contributed by atoms with Crippen LogP contribution in [-0.2, 0) is 6.54 Å². The van der Waals surface area contributed by atoms with E-state index in [0.29, 0.717) is 5.82 Å². The van der Waals surface area contributed by atoms with E-state index in [4.69, 9.17) is 5.73 Å². The van der Waals surface area contributed by atoms with Crippen molar-refractivity contribution in [1.29, 1.82) is 0 Å². The minimum atomic E-state index is 0.486. The first kappa shape index (κ1) is 11.3. The van der Waals surface area contributed by atoms with E-state index in [9.17, 15) is 0 Å². The van der Waals surface area contributed by atoms with Crippen molar-refractivity contribution in [2.24, 2.45) is 0 Å². The molecule has 1 aromatic rings. The van der Waals surface area contributed by atoms with Gasteiger partial charge in [-0.05, 0) is 6.54 Å². The van der Waals surface area contributed by atoms with Crippen LogP contribution in [0.2, 0.25) is 0 Å². The lowest BCUT2D eigenvalue weighted by molar-refractivity contribution is 0.130. The minimum absolute atomic E-state index is 0.486. The molecule has 1 aliphatic rings. The molecule has 2 heterocycles. The zero-order valence-corrected chi connectivity index (χ0v) is 9.76. The highest BCUT2D eigenvalue weighted by Gasteiger charge is 2.15. The van der Waals surface area contributed by atoms with E-state index in [2.05, 4.69) is 26.7 Å². The van der Waals surface area contributed by atoms with Crippen molar-refractivity contribution in [3.05, 3.63) is 18.1 Å². The van der Waals surface area contributed by atoms with Crippen molar-refractivity contribution in [2.45, 2.75) is 13.5 Å². The van der Waals surface area contributed by atoms with E-state index in [1.165, 1.54) is 0 Å². The lowest BCUT2D eigenvalue weighted by Crippen LogP contribution is -2.45. The molecule has 2 rings (SSSR count). The summed E-state index contributed by atoms with van der Waals surface area (Å²) < 4.78 is 0. The normalized spacial score (nSPS) is 18.8. The number of anilines is 1. The van der Waals surface area contributed by atoms with Crippen molar-refractivity contribution < 1.29 is 0 Å². The molecule has 0 aliphatic carbocycles. The molecule has 2 N–H and O–H groups in total. The van der Waals surface area contributed by atoms with E-state index in [1.807, 2.05) is 0 Å². The van der Waals surface area contributed by atoms with Gasteiger partial charge in [-0.3, -0.25) is 9.88 Å². The molecule has 0 atom stereocenters. The lowest BCUT2D eigenvalue weighted by Gasteiger charge is -2.33. The average Bonchev–Trinajstić information content (AvgIpc) is 2.33. The molecule has 0 spiro atoms. The van der Waals surface area contributed by atoms with Gasteiger partial charge < -0.3 is 10.6 Å².